The van der Waals surface area contributed by atoms with E-state index in [1.54, 1.807) is 0 Å². The molecule has 1 aliphatic rings. The fourth-order valence-electron chi connectivity index (χ4n) is 1.46. The highest BCUT2D eigenvalue weighted by molar-refractivity contribution is 5.45. The Kier molecular flexibility index (Phi) is 2.73. The van der Waals surface area contributed by atoms with Crippen molar-refractivity contribution in [3.63, 3.8) is 0 Å². The minimum atomic E-state index is 0.289. The molecule has 0 radical (unpaired) electrons. The van der Waals surface area contributed by atoms with Crippen LogP contribution in [-0.4, -0.2) is 36.5 Å². The van der Waals surface area contributed by atoms with Gasteiger partial charge >= 0.3 is 0 Å². The number of carbonyl (C=O) groups excluding carboxylic acids is 1. The molecule has 1 saturated heterocycles. The molecule has 1 fully saturated rings. The van der Waals surface area contributed by atoms with Crippen LogP contribution in [0.2, 0.25) is 0 Å². The van der Waals surface area contributed by atoms with Gasteiger partial charge in [-0.25, -0.2) is 0 Å². The monoisotopic (exact) mass is 170 g/mol. The van der Waals surface area contributed by atoms with Crippen LogP contribution in [0.1, 0.15) is 20.8 Å². The van der Waals surface area contributed by atoms with Crippen LogP contribution in [0.25, 0.3) is 0 Å². The fourth-order valence-corrected chi connectivity index (χ4v) is 1.46. The Morgan fingerprint density at radius 3 is 2.50 bits per heavy atom. The van der Waals surface area contributed by atoms with E-state index in [9.17, 15) is 4.79 Å². The van der Waals surface area contributed by atoms with E-state index in [-0.39, 0.29) is 5.54 Å². The summed E-state index contributed by atoms with van der Waals surface area (Å²) in [6.07, 6.45) is 0.778. The van der Waals surface area contributed by atoms with Gasteiger partial charge in [0.25, 0.3) is 0 Å². The molecule has 3 nitrogen and oxygen atoms in total. The summed E-state index contributed by atoms with van der Waals surface area (Å²) in [6, 6.07) is 0. The van der Waals surface area contributed by atoms with E-state index in [0.717, 1.165) is 26.0 Å². The summed E-state index contributed by atoms with van der Waals surface area (Å²) >= 11 is 0. The zero-order chi connectivity index (χ0) is 9.19. The summed E-state index contributed by atoms with van der Waals surface area (Å²) in [7, 11) is 0. The Morgan fingerprint density at radius 2 is 2.08 bits per heavy atom. The van der Waals surface area contributed by atoms with E-state index in [0.29, 0.717) is 5.92 Å². The normalized spacial score (nSPS) is 20.2. The van der Waals surface area contributed by atoms with Crippen LogP contribution < -0.4 is 5.32 Å². The van der Waals surface area contributed by atoms with Crippen LogP contribution in [0.3, 0.4) is 0 Å². The first kappa shape index (κ1) is 9.52. The van der Waals surface area contributed by atoms with Crippen LogP contribution in [-0.2, 0) is 4.79 Å². The van der Waals surface area contributed by atoms with Gasteiger partial charge in [0.2, 0.25) is 6.41 Å². The molecule has 0 spiro atoms. The van der Waals surface area contributed by atoms with E-state index >= 15 is 0 Å². The first-order valence-corrected chi connectivity index (χ1v) is 4.46. The second-order valence-corrected chi connectivity index (χ2v) is 4.47. The van der Waals surface area contributed by atoms with Gasteiger partial charge in [-0.3, -0.25) is 9.69 Å². The third-order valence-electron chi connectivity index (χ3n) is 2.40. The van der Waals surface area contributed by atoms with Gasteiger partial charge in [0, 0.05) is 31.1 Å². The van der Waals surface area contributed by atoms with E-state index in [2.05, 4.69) is 31.0 Å². The lowest BCUT2D eigenvalue weighted by Gasteiger charge is -2.47. The van der Waals surface area contributed by atoms with Gasteiger partial charge in [0.15, 0.2) is 0 Å². The minimum Gasteiger partial charge on any atom is -0.358 e. The van der Waals surface area contributed by atoms with Crippen molar-refractivity contribution in [2.75, 3.05) is 19.6 Å². The molecule has 0 saturated carbocycles. The molecule has 12 heavy (non-hydrogen) atoms. The molecule has 1 heterocycles. The Labute approximate surface area is 74.1 Å². The molecule has 1 rings (SSSR count). The quantitative estimate of drug-likeness (QED) is 0.624. The highest BCUT2D eigenvalue weighted by atomic mass is 16.1. The second-order valence-electron chi connectivity index (χ2n) is 4.47. The maximum atomic E-state index is 10.0. The lowest BCUT2D eigenvalue weighted by atomic mass is 9.92. The van der Waals surface area contributed by atoms with E-state index in [4.69, 9.17) is 0 Å². The Balaban J connectivity index is 2.15. The molecule has 0 aromatic rings. The number of hydrogen-bond donors (Lipinski definition) is 1. The number of carbonyl (C=O) groups is 1. The fraction of sp³-hybridized carbons (Fsp3) is 0.889. The van der Waals surface area contributed by atoms with Gasteiger partial charge in [-0.15, -0.1) is 0 Å². The zero-order valence-electron chi connectivity index (χ0n) is 8.13. The van der Waals surface area contributed by atoms with Crippen molar-refractivity contribution in [2.45, 2.75) is 26.3 Å². The molecule has 0 aromatic carbocycles. The van der Waals surface area contributed by atoms with E-state index < -0.39 is 0 Å². The summed E-state index contributed by atoms with van der Waals surface area (Å²) in [5.41, 5.74) is 0.289. The molecule has 1 amide bonds. The van der Waals surface area contributed by atoms with Crippen LogP contribution >= 0.6 is 0 Å². The number of nitrogens with one attached hydrogen (secondary N) is 1. The van der Waals surface area contributed by atoms with Crippen molar-refractivity contribution < 1.29 is 4.79 Å². The summed E-state index contributed by atoms with van der Waals surface area (Å²) in [5, 5.41) is 2.71. The second kappa shape index (κ2) is 3.44. The van der Waals surface area contributed by atoms with Gasteiger partial charge < -0.3 is 5.32 Å². The summed E-state index contributed by atoms with van der Waals surface area (Å²) in [6.45, 7) is 9.72. The average molecular weight is 170 g/mol. The predicted molar refractivity (Wildman–Crippen MR) is 48.9 cm³/mol. The smallest absolute Gasteiger partial charge is 0.207 e. The molecule has 0 unspecified atom stereocenters. The van der Waals surface area contributed by atoms with E-state index in [1.807, 2.05) is 0 Å². The molecule has 0 bridgehead atoms. The molecule has 1 N–H and O–H groups in total. The summed E-state index contributed by atoms with van der Waals surface area (Å²) in [5.74, 6) is 0.662. The van der Waals surface area contributed by atoms with Crippen molar-refractivity contribution >= 4 is 6.41 Å². The molecule has 0 atom stereocenters. The summed E-state index contributed by atoms with van der Waals surface area (Å²) in [4.78, 5) is 12.4. The van der Waals surface area contributed by atoms with Crippen LogP contribution in [0.4, 0.5) is 0 Å². The largest absolute Gasteiger partial charge is 0.358 e. The standard InChI is InChI=1S/C9H18N2O/c1-9(2,3)11-5-8(6-11)4-10-7-12/h7-8H,4-6H2,1-3H3,(H,10,12). The molecule has 1 aliphatic heterocycles. The van der Waals surface area contributed by atoms with Crippen molar-refractivity contribution in [3.8, 4) is 0 Å². The Morgan fingerprint density at radius 1 is 1.50 bits per heavy atom. The molecule has 0 aromatic heterocycles. The van der Waals surface area contributed by atoms with Crippen LogP contribution in [0.5, 0.6) is 0 Å². The summed E-state index contributed by atoms with van der Waals surface area (Å²) < 4.78 is 0. The van der Waals surface area contributed by atoms with Gasteiger partial charge in [-0.1, -0.05) is 0 Å². The maximum absolute atomic E-state index is 10.0. The molecular weight excluding hydrogens is 152 g/mol. The minimum absolute atomic E-state index is 0.289. The number of nitrogens with zero attached hydrogens (tertiary/aromatic N) is 1. The SMILES string of the molecule is CC(C)(C)N1CC(CNC=O)C1. The highest BCUT2D eigenvalue weighted by Crippen LogP contribution is 2.24. The van der Waals surface area contributed by atoms with Gasteiger partial charge in [-0.05, 0) is 20.8 Å². The van der Waals surface area contributed by atoms with Crippen molar-refractivity contribution in [2.24, 2.45) is 5.92 Å². The maximum Gasteiger partial charge on any atom is 0.207 e. The highest BCUT2D eigenvalue weighted by Gasteiger charge is 2.33. The third kappa shape index (κ3) is 2.21. The number of amides is 1. The number of rotatable bonds is 3. The van der Waals surface area contributed by atoms with Gasteiger partial charge in [0.1, 0.15) is 0 Å². The van der Waals surface area contributed by atoms with E-state index in [1.165, 1.54) is 0 Å². The van der Waals surface area contributed by atoms with Gasteiger partial charge in [0.05, 0.1) is 0 Å². The number of likely N-dealkylation sites (tertiary alicyclic amines) is 1. The zero-order valence-corrected chi connectivity index (χ0v) is 8.13. The Bertz CT molecular complexity index is 156. The third-order valence-corrected chi connectivity index (χ3v) is 2.40. The van der Waals surface area contributed by atoms with Crippen molar-refractivity contribution in [1.82, 2.24) is 10.2 Å². The molecular formula is C9H18N2O. The van der Waals surface area contributed by atoms with Gasteiger partial charge in [-0.2, -0.15) is 0 Å². The molecule has 70 valence electrons. The first-order chi connectivity index (χ1) is 5.54. The first-order valence-electron chi connectivity index (χ1n) is 4.46. The lowest BCUT2D eigenvalue weighted by Crippen LogP contribution is -2.58. The van der Waals surface area contributed by atoms with Crippen LogP contribution in [0.15, 0.2) is 0 Å². The van der Waals surface area contributed by atoms with Crippen LogP contribution in [0, 0.1) is 5.92 Å². The lowest BCUT2D eigenvalue weighted by molar-refractivity contribution is -0.110. The Hall–Kier alpha value is -0.570. The molecule has 3 heteroatoms. The average Bonchev–Trinajstić information content (AvgIpc) is 1.81. The number of hydrogen-bond acceptors (Lipinski definition) is 2. The topological polar surface area (TPSA) is 32.3 Å². The molecule has 0 aliphatic carbocycles. The van der Waals surface area contributed by atoms with Crippen molar-refractivity contribution in [1.29, 1.82) is 0 Å². The predicted octanol–water partition coefficient (Wildman–Crippen LogP) is 0.463. The van der Waals surface area contributed by atoms with Crippen molar-refractivity contribution in [3.05, 3.63) is 0 Å².